The quantitative estimate of drug-likeness (QED) is 0.734. The summed E-state index contributed by atoms with van der Waals surface area (Å²) in [7, 11) is 0. The highest BCUT2D eigenvalue weighted by Crippen LogP contribution is 2.31. The summed E-state index contributed by atoms with van der Waals surface area (Å²) in [5, 5.41) is 3.55. The molecular weight excluding hydrogens is 310 g/mol. The van der Waals surface area contributed by atoms with Crippen molar-refractivity contribution in [3.63, 3.8) is 0 Å². The SMILES string of the molecule is O=C(Nc1ccc2oc(=O)ccc2c1)c1ccc2c(c1)OCCO2. The van der Waals surface area contributed by atoms with Crippen molar-refractivity contribution in [2.24, 2.45) is 0 Å². The molecule has 1 N–H and O–H groups in total. The number of rotatable bonds is 2. The Balaban J connectivity index is 1.59. The zero-order valence-electron chi connectivity index (χ0n) is 12.6. The van der Waals surface area contributed by atoms with Crippen LogP contribution < -0.4 is 20.4 Å². The van der Waals surface area contributed by atoms with Crippen LogP contribution >= 0.6 is 0 Å². The molecule has 0 radical (unpaired) electrons. The molecule has 1 aromatic heterocycles. The Morgan fingerprint density at radius 2 is 1.75 bits per heavy atom. The Hall–Kier alpha value is -3.28. The summed E-state index contributed by atoms with van der Waals surface area (Å²) in [6.07, 6.45) is 0. The predicted molar refractivity (Wildman–Crippen MR) is 87.9 cm³/mol. The molecule has 4 rings (SSSR count). The number of amides is 1. The number of carbonyl (C=O) groups excluding carboxylic acids is 1. The molecule has 1 aliphatic heterocycles. The number of hydrogen-bond acceptors (Lipinski definition) is 5. The lowest BCUT2D eigenvalue weighted by molar-refractivity contribution is 0.102. The normalized spacial score (nSPS) is 12.8. The Kier molecular flexibility index (Phi) is 3.42. The largest absolute Gasteiger partial charge is 0.486 e. The third-order valence-electron chi connectivity index (χ3n) is 3.68. The monoisotopic (exact) mass is 323 g/mol. The van der Waals surface area contributed by atoms with Crippen molar-refractivity contribution < 1.29 is 18.7 Å². The first-order valence-corrected chi connectivity index (χ1v) is 7.44. The van der Waals surface area contributed by atoms with E-state index >= 15 is 0 Å². The van der Waals surface area contributed by atoms with Gasteiger partial charge in [0.05, 0.1) is 0 Å². The molecule has 2 heterocycles. The molecule has 1 aliphatic rings. The average Bonchev–Trinajstić information content (AvgIpc) is 2.61. The number of hydrogen-bond donors (Lipinski definition) is 1. The van der Waals surface area contributed by atoms with Crippen LogP contribution in [-0.4, -0.2) is 19.1 Å². The molecule has 1 amide bonds. The highest BCUT2D eigenvalue weighted by Gasteiger charge is 2.15. The molecular formula is C18H13NO5. The van der Waals surface area contributed by atoms with Gasteiger partial charge in [0.1, 0.15) is 18.8 Å². The highest BCUT2D eigenvalue weighted by atomic mass is 16.6. The van der Waals surface area contributed by atoms with Crippen LogP contribution in [-0.2, 0) is 0 Å². The lowest BCUT2D eigenvalue weighted by atomic mass is 10.1. The number of anilines is 1. The summed E-state index contributed by atoms with van der Waals surface area (Å²) in [5.74, 6) is 0.941. The summed E-state index contributed by atoms with van der Waals surface area (Å²) in [5.41, 5.74) is 1.14. The van der Waals surface area contributed by atoms with Crippen molar-refractivity contribution in [2.75, 3.05) is 18.5 Å². The van der Waals surface area contributed by atoms with Gasteiger partial charge in [-0.1, -0.05) is 0 Å². The van der Waals surface area contributed by atoms with Crippen LogP contribution in [0.5, 0.6) is 11.5 Å². The van der Waals surface area contributed by atoms with Crippen molar-refractivity contribution in [3.05, 3.63) is 64.5 Å². The fourth-order valence-electron chi connectivity index (χ4n) is 2.54. The second-order valence-corrected chi connectivity index (χ2v) is 5.32. The van der Waals surface area contributed by atoms with Crippen molar-refractivity contribution >= 4 is 22.6 Å². The van der Waals surface area contributed by atoms with Gasteiger partial charge in [0.15, 0.2) is 11.5 Å². The van der Waals surface area contributed by atoms with Crippen LogP contribution in [0.3, 0.4) is 0 Å². The molecule has 0 fully saturated rings. The minimum Gasteiger partial charge on any atom is -0.486 e. The van der Waals surface area contributed by atoms with Crippen LogP contribution in [0, 0.1) is 0 Å². The Morgan fingerprint density at radius 1 is 0.917 bits per heavy atom. The fourth-order valence-corrected chi connectivity index (χ4v) is 2.54. The van der Waals surface area contributed by atoms with E-state index in [-0.39, 0.29) is 5.91 Å². The van der Waals surface area contributed by atoms with Gasteiger partial charge in [-0.3, -0.25) is 4.79 Å². The van der Waals surface area contributed by atoms with Crippen LogP contribution in [0.1, 0.15) is 10.4 Å². The Bertz CT molecular complexity index is 992. The summed E-state index contributed by atoms with van der Waals surface area (Å²) in [6, 6.07) is 13.1. The number of fused-ring (bicyclic) bond motifs is 2. The van der Waals surface area contributed by atoms with Crippen molar-refractivity contribution in [1.29, 1.82) is 0 Å². The second-order valence-electron chi connectivity index (χ2n) is 5.32. The third-order valence-corrected chi connectivity index (χ3v) is 3.68. The molecule has 0 atom stereocenters. The van der Waals surface area contributed by atoms with Crippen LogP contribution in [0.15, 0.2) is 57.7 Å². The first-order valence-electron chi connectivity index (χ1n) is 7.44. The zero-order valence-corrected chi connectivity index (χ0v) is 12.6. The topological polar surface area (TPSA) is 77.8 Å². The summed E-state index contributed by atoms with van der Waals surface area (Å²) in [6.45, 7) is 0.972. The Labute approximate surface area is 136 Å². The summed E-state index contributed by atoms with van der Waals surface area (Å²) >= 11 is 0. The molecule has 0 saturated carbocycles. The van der Waals surface area contributed by atoms with Crippen molar-refractivity contribution in [3.8, 4) is 11.5 Å². The zero-order chi connectivity index (χ0) is 16.5. The molecule has 0 aliphatic carbocycles. The van der Waals surface area contributed by atoms with Crippen molar-refractivity contribution in [1.82, 2.24) is 0 Å². The van der Waals surface area contributed by atoms with Gasteiger partial charge < -0.3 is 19.2 Å². The maximum atomic E-state index is 12.4. The van der Waals surface area contributed by atoms with E-state index in [2.05, 4.69) is 5.32 Å². The first-order chi connectivity index (χ1) is 11.7. The van der Waals surface area contributed by atoms with Gasteiger partial charge in [-0.05, 0) is 42.5 Å². The predicted octanol–water partition coefficient (Wildman–Crippen LogP) is 2.82. The first kappa shape index (κ1) is 14.3. The van der Waals surface area contributed by atoms with Gasteiger partial charge >= 0.3 is 5.63 Å². The van der Waals surface area contributed by atoms with E-state index in [1.54, 1.807) is 42.5 Å². The maximum absolute atomic E-state index is 12.4. The molecule has 6 heteroatoms. The molecule has 0 spiro atoms. The minimum absolute atomic E-state index is 0.260. The van der Waals surface area contributed by atoms with E-state index in [1.165, 1.54) is 6.07 Å². The number of nitrogens with one attached hydrogen (secondary N) is 1. The van der Waals surface area contributed by atoms with E-state index in [0.717, 1.165) is 5.39 Å². The third kappa shape index (κ3) is 2.69. The van der Waals surface area contributed by atoms with E-state index in [9.17, 15) is 9.59 Å². The molecule has 0 saturated heterocycles. The maximum Gasteiger partial charge on any atom is 0.336 e. The van der Waals surface area contributed by atoms with Gasteiger partial charge in [-0.15, -0.1) is 0 Å². The van der Waals surface area contributed by atoms with E-state index in [4.69, 9.17) is 13.9 Å². The molecule has 24 heavy (non-hydrogen) atoms. The highest BCUT2D eigenvalue weighted by molar-refractivity contribution is 6.05. The number of ether oxygens (including phenoxy) is 2. The smallest absolute Gasteiger partial charge is 0.336 e. The molecule has 0 bridgehead atoms. The van der Waals surface area contributed by atoms with Crippen LogP contribution in [0.2, 0.25) is 0 Å². The standard InChI is InChI=1S/C18H13NO5/c20-17-6-2-11-9-13(3-5-14(11)24-17)19-18(21)12-1-4-15-16(10-12)23-8-7-22-15/h1-6,9-10H,7-8H2,(H,19,21). The molecule has 3 aromatic rings. The number of benzene rings is 2. The lowest BCUT2D eigenvalue weighted by Gasteiger charge is -2.18. The number of carbonyl (C=O) groups is 1. The summed E-state index contributed by atoms with van der Waals surface area (Å²) in [4.78, 5) is 23.6. The van der Waals surface area contributed by atoms with Gasteiger partial charge in [0.25, 0.3) is 5.91 Å². The fraction of sp³-hybridized carbons (Fsp3) is 0.111. The second kappa shape index (κ2) is 5.73. The molecule has 2 aromatic carbocycles. The molecule has 6 nitrogen and oxygen atoms in total. The van der Waals surface area contributed by atoms with Gasteiger partial charge in [-0.25, -0.2) is 4.79 Å². The molecule has 120 valence electrons. The lowest BCUT2D eigenvalue weighted by Crippen LogP contribution is -2.17. The van der Waals surface area contributed by atoms with Crippen LogP contribution in [0.4, 0.5) is 5.69 Å². The van der Waals surface area contributed by atoms with Gasteiger partial charge in [0.2, 0.25) is 0 Å². The average molecular weight is 323 g/mol. The molecule has 0 unspecified atom stereocenters. The van der Waals surface area contributed by atoms with E-state index in [1.807, 2.05) is 0 Å². The Morgan fingerprint density at radius 3 is 2.62 bits per heavy atom. The van der Waals surface area contributed by atoms with Gasteiger partial charge in [-0.2, -0.15) is 0 Å². The van der Waals surface area contributed by atoms with Crippen molar-refractivity contribution in [2.45, 2.75) is 0 Å². The summed E-state index contributed by atoms with van der Waals surface area (Å²) < 4.78 is 16.0. The van der Waals surface area contributed by atoms with E-state index < -0.39 is 5.63 Å². The van der Waals surface area contributed by atoms with Crippen LogP contribution in [0.25, 0.3) is 11.0 Å². The van der Waals surface area contributed by atoms with Gasteiger partial charge in [0, 0.05) is 22.7 Å². The van der Waals surface area contributed by atoms with E-state index in [0.29, 0.717) is 41.5 Å². The minimum atomic E-state index is -0.407.